The molecular formula is C21H20FN5O. The van der Waals surface area contributed by atoms with E-state index in [1.165, 1.54) is 12.1 Å². The van der Waals surface area contributed by atoms with Crippen molar-refractivity contribution in [3.8, 4) is 11.3 Å². The predicted octanol–water partition coefficient (Wildman–Crippen LogP) is 4.40. The Balaban J connectivity index is 1.51. The summed E-state index contributed by atoms with van der Waals surface area (Å²) in [6.45, 7) is 4.80. The van der Waals surface area contributed by atoms with Crippen LogP contribution in [0.2, 0.25) is 0 Å². The summed E-state index contributed by atoms with van der Waals surface area (Å²) < 4.78 is 18.5. The van der Waals surface area contributed by atoms with Crippen LogP contribution in [0.4, 0.5) is 16.0 Å². The highest BCUT2D eigenvalue weighted by Crippen LogP contribution is 2.30. The van der Waals surface area contributed by atoms with E-state index in [9.17, 15) is 4.39 Å². The number of nitrogens with one attached hydrogen (secondary N) is 1. The van der Waals surface area contributed by atoms with Gasteiger partial charge in [0.1, 0.15) is 11.6 Å². The minimum Gasteiger partial charge on any atom is -0.380 e. The molecule has 0 saturated heterocycles. The maximum Gasteiger partial charge on any atom is 0.178 e. The Morgan fingerprint density at radius 2 is 1.82 bits per heavy atom. The maximum atomic E-state index is 13.2. The molecule has 142 valence electrons. The number of para-hydroxylation sites is 1. The van der Waals surface area contributed by atoms with Crippen LogP contribution in [0.3, 0.4) is 0 Å². The highest BCUT2D eigenvalue weighted by Gasteiger charge is 2.21. The molecule has 4 aromatic rings. The molecule has 0 atom stereocenters. The number of anilines is 2. The summed E-state index contributed by atoms with van der Waals surface area (Å²) >= 11 is 0. The molecule has 0 unspecified atom stereocenters. The molecule has 0 aliphatic carbocycles. The van der Waals surface area contributed by atoms with Crippen molar-refractivity contribution in [3.05, 3.63) is 66.0 Å². The number of nitrogen functional groups attached to an aromatic ring is 1. The molecule has 0 aliphatic heterocycles. The van der Waals surface area contributed by atoms with Crippen molar-refractivity contribution in [2.45, 2.75) is 19.3 Å². The molecule has 28 heavy (non-hydrogen) atoms. The lowest BCUT2D eigenvalue weighted by atomic mass is 9.84. The van der Waals surface area contributed by atoms with E-state index in [-0.39, 0.29) is 11.2 Å². The standard InChI is InChI=1S/C21H20FN5O/c1-21(2,13-6-8-14(22)9-7-13)12-24-18-11-10-17(25-26-18)15-4-3-5-16-19(15)28-27-20(16)23/h3-11H,12H2,1-2H3,(H2,23,27)(H,24,26). The Kier molecular flexibility index (Phi) is 4.43. The number of rotatable bonds is 5. The first-order valence-corrected chi connectivity index (χ1v) is 8.92. The van der Waals surface area contributed by atoms with E-state index in [1.54, 1.807) is 12.1 Å². The van der Waals surface area contributed by atoms with Crippen molar-refractivity contribution in [3.63, 3.8) is 0 Å². The fourth-order valence-electron chi connectivity index (χ4n) is 3.07. The van der Waals surface area contributed by atoms with E-state index >= 15 is 0 Å². The molecule has 6 nitrogen and oxygen atoms in total. The lowest BCUT2D eigenvalue weighted by Crippen LogP contribution is -2.28. The molecule has 0 saturated carbocycles. The van der Waals surface area contributed by atoms with Crippen molar-refractivity contribution in [2.24, 2.45) is 0 Å². The summed E-state index contributed by atoms with van der Waals surface area (Å²) in [6.07, 6.45) is 0. The van der Waals surface area contributed by atoms with Crippen LogP contribution in [0.15, 0.2) is 59.1 Å². The molecule has 0 amide bonds. The van der Waals surface area contributed by atoms with Gasteiger partial charge < -0.3 is 15.6 Å². The average molecular weight is 377 g/mol. The zero-order chi connectivity index (χ0) is 19.7. The Bertz CT molecular complexity index is 1100. The topological polar surface area (TPSA) is 89.9 Å². The van der Waals surface area contributed by atoms with Gasteiger partial charge in [0, 0.05) is 17.5 Å². The van der Waals surface area contributed by atoms with E-state index in [2.05, 4.69) is 34.5 Å². The van der Waals surface area contributed by atoms with Crippen LogP contribution < -0.4 is 11.1 Å². The highest BCUT2D eigenvalue weighted by atomic mass is 19.1. The number of hydrogen-bond acceptors (Lipinski definition) is 6. The molecule has 2 aromatic carbocycles. The van der Waals surface area contributed by atoms with Gasteiger partial charge in [-0.25, -0.2) is 4.39 Å². The molecule has 2 aromatic heterocycles. The second-order valence-electron chi connectivity index (χ2n) is 7.30. The number of nitrogens with zero attached hydrogens (tertiary/aromatic N) is 3. The second kappa shape index (κ2) is 6.92. The zero-order valence-corrected chi connectivity index (χ0v) is 15.6. The molecule has 0 radical (unpaired) electrons. The Hall–Kier alpha value is -3.48. The third-order valence-corrected chi connectivity index (χ3v) is 4.80. The first-order chi connectivity index (χ1) is 13.4. The van der Waals surface area contributed by atoms with Crippen LogP contribution in [-0.4, -0.2) is 21.9 Å². The highest BCUT2D eigenvalue weighted by molar-refractivity contribution is 5.96. The number of aromatic nitrogens is 3. The smallest absolute Gasteiger partial charge is 0.178 e. The minimum absolute atomic E-state index is 0.197. The van der Waals surface area contributed by atoms with Crippen LogP contribution in [0.5, 0.6) is 0 Å². The molecule has 0 fully saturated rings. The van der Waals surface area contributed by atoms with Crippen molar-refractivity contribution in [1.29, 1.82) is 0 Å². The minimum atomic E-state index is -0.238. The second-order valence-corrected chi connectivity index (χ2v) is 7.30. The first kappa shape index (κ1) is 17.9. The van der Waals surface area contributed by atoms with Gasteiger partial charge in [0.25, 0.3) is 0 Å². The van der Waals surface area contributed by atoms with E-state index in [0.717, 1.165) is 16.5 Å². The Morgan fingerprint density at radius 1 is 1.04 bits per heavy atom. The van der Waals surface area contributed by atoms with Gasteiger partial charge in [-0.15, -0.1) is 10.2 Å². The Labute approximate surface area is 161 Å². The van der Waals surface area contributed by atoms with Crippen molar-refractivity contribution in [2.75, 3.05) is 17.6 Å². The van der Waals surface area contributed by atoms with Crippen molar-refractivity contribution in [1.82, 2.24) is 15.4 Å². The zero-order valence-electron chi connectivity index (χ0n) is 15.6. The van der Waals surface area contributed by atoms with Gasteiger partial charge in [-0.1, -0.05) is 37.2 Å². The fourth-order valence-corrected chi connectivity index (χ4v) is 3.07. The van der Waals surface area contributed by atoms with Gasteiger partial charge in [-0.3, -0.25) is 0 Å². The van der Waals surface area contributed by atoms with Crippen LogP contribution in [0.25, 0.3) is 22.2 Å². The lowest BCUT2D eigenvalue weighted by Gasteiger charge is -2.25. The van der Waals surface area contributed by atoms with E-state index in [4.69, 9.17) is 10.3 Å². The Morgan fingerprint density at radius 3 is 2.54 bits per heavy atom. The largest absolute Gasteiger partial charge is 0.380 e. The lowest BCUT2D eigenvalue weighted by molar-refractivity contribution is 0.461. The van der Waals surface area contributed by atoms with Crippen LogP contribution in [-0.2, 0) is 5.41 Å². The number of fused-ring (bicyclic) bond motifs is 1. The summed E-state index contributed by atoms with van der Waals surface area (Å²) in [5.41, 5.74) is 8.70. The molecule has 3 N–H and O–H groups in total. The quantitative estimate of drug-likeness (QED) is 0.536. The SMILES string of the molecule is CC(C)(CNc1ccc(-c2cccc3c(N)noc23)nn1)c1ccc(F)cc1. The number of halogens is 1. The molecular weight excluding hydrogens is 357 g/mol. The molecule has 0 bridgehead atoms. The molecule has 4 rings (SSSR count). The fraction of sp³-hybridized carbons (Fsp3) is 0.190. The normalized spacial score (nSPS) is 11.7. The van der Waals surface area contributed by atoms with Crippen LogP contribution in [0, 0.1) is 5.82 Å². The van der Waals surface area contributed by atoms with Crippen LogP contribution >= 0.6 is 0 Å². The third-order valence-electron chi connectivity index (χ3n) is 4.80. The molecule has 7 heteroatoms. The third kappa shape index (κ3) is 3.38. The average Bonchev–Trinajstić information content (AvgIpc) is 3.08. The summed E-state index contributed by atoms with van der Waals surface area (Å²) in [5, 5.41) is 16.4. The maximum absolute atomic E-state index is 13.2. The molecule has 0 spiro atoms. The summed E-state index contributed by atoms with van der Waals surface area (Å²) in [7, 11) is 0. The van der Waals surface area contributed by atoms with E-state index < -0.39 is 0 Å². The summed E-state index contributed by atoms with van der Waals surface area (Å²) in [5.74, 6) is 0.770. The first-order valence-electron chi connectivity index (χ1n) is 8.92. The van der Waals surface area contributed by atoms with Gasteiger partial charge in [0.05, 0.1) is 11.1 Å². The van der Waals surface area contributed by atoms with Crippen LogP contribution in [0.1, 0.15) is 19.4 Å². The summed E-state index contributed by atoms with van der Waals surface area (Å²) in [6, 6.07) is 15.9. The number of benzene rings is 2. The predicted molar refractivity (Wildman–Crippen MR) is 107 cm³/mol. The van der Waals surface area contributed by atoms with Crippen molar-refractivity contribution >= 4 is 22.6 Å². The van der Waals surface area contributed by atoms with Gasteiger partial charge in [0.15, 0.2) is 11.4 Å². The van der Waals surface area contributed by atoms with Gasteiger partial charge >= 0.3 is 0 Å². The van der Waals surface area contributed by atoms with Gasteiger partial charge in [0.2, 0.25) is 0 Å². The number of hydrogen-bond donors (Lipinski definition) is 2. The molecule has 0 aliphatic rings. The monoisotopic (exact) mass is 377 g/mol. The van der Waals surface area contributed by atoms with Gasteiger partial charge in [-0.2, -0.15) is 0 Å². The number of nitrogens with two attached hydrogens (primary N) is 1. The van der Waals surface area contributed by atoms with E-state index in [1.807, 2.05) is 30.3 Å². The van der Waals surface area contributed by atoms with Crippen molar-refractivity contribution < 1.29 is 8.91 Å². The van der Waals surface area contributed by atoms with Gasteiger partial charge in [-0.05, 0) is 42.0 Å². The summed E-state index contributed by atoms with van der Waals surface area (Å²) in [4.78, 5) is 0. The molecule has 2 heterocycles. The van der Waals surface area contributed by atoms with E-state index in [0.29, 0.717) is 29.5 Å².